The molecule has 0 bridgehead atoms. The number of halogens is 2. The van der Waals surface area contributed by atoms with Gasteiger partial charge in [0.2, 0.25) is 0 Å². The van der Waals surface area contributed by atoms with Gasteiger partial charge in [0.15, 0.2) is 0 Å². The van der Waals surface area contributed by atoms with Crippen molar-refractivity contribution in [3.8, 4) is 9.75 Å². The zero-order valence-corrected chi connectivity index (χ0v) is 17.2. The van der Waals surface area contributed by atoms with Crippen LogP contribution in [0.3, 0.4) is 0 Å². The molecule has 1 fully saturated rings. The first-order chi connectivity index (χ1) is 13.7. The van der Waals surface area contributed by atoms with Gasteiger partial charge < -0.3 is 5.11 Å². The van der Waals surface area contributed by atoms with E-state index in [4.69, 9.17) is 0 Å². The normalized spacial score (nSPS) is 21.4. The summed E-state index contributed by atoms with van der Waals surface area (Å²) in [5.41, 5.74) is -0.835. The molecular formula is C19H15F2NO4S3. The number of alkyl halides is 2. The molecule has 2 heterocycles. The number of sulfonamides is 1. The fourth-order valence-corrected chi connectivity index (χ4v) is 6.90. The van der Waals surface area contributed by atoms with Gasteiger partial charge in [0.25, 0.3) is 16.4 Å². The largest absolute Gasteiger partial charge is 0.480 e. The molecule has 0 spiro atoms. The Morgan fingerprint density at radius 3 is 2.34 bits per heavy atom. The molecule has 29 heavy (non-hydrogen) atoms. The van der Waals surface area contributed by atoms with Crippen LogP contribution >= 0.6 is 22.7 Å². The molecule has 1 saturated carbocycles. The Morgan fingerprint density at radius 2 is 1.72 bits per heavy atom. The molecule has 10 heteroatoms. The minimum absolute atomic E-state index is 0.0566. The minimum Gasteiger partial charge on any atom is -0.480 e. The van der Waals surface area contributed by atoms with Crippen molar-refractivity contribution in [2.45, 2.75) is 28.5 Å². The van der Waals surface area contributed by atoms with E-state index in [1.165, 1.54) is 24.3 Å². The Balaban J connectivity index is 1.59. The molecule has 2 aromatic heterocycles. The quantitative estimate of drug-likeness (QED) is 0.541. The maximum Gasteiger partial charge on any atom is 0.325 e. The Bertz CT molecular complexity index is 1160. The summed E-state index contributed by atoms with van der Waals surface area (Å²) in [6, 6.07) is 14.6. The van der Waals surface area contributed by atoms with Crippen LogP contribution in [0.5, 0.6) is 0 Å². The van der Waals surface area contributed by atoms with Crippen molar-refractivity contribution < 1.29 is 27.1 Å². The topological polar surface area (TPSA) is 83.5 Å². The zero-order valence-electron chi connectivity index (χ0n) is 14.7. The fourth-order valence-electron chi connectivity index (χ4n) is 3.23. The third-order valence-corrected chi connectivity index (χ3v) is 9.17. The smallest absolute Gasteiger partial charge is 0.325 e. The summed E-state index contributed by atoms with van der Waals surface area (Å²) in [6.45, 7) is 0. The molecule has 1 aliphatic rings. The van der Waals surface area contributed by atoms with Gasteiger partial charge in [-0.15, -0.1) is 22.7 Å². The van der Waals surface area contributed by atoms with Crippen molar-refractivity contribution in [3.63, 3.8) is 0 Å². The van der Waals surface area contributed by atoms with Crippen LogP contribution in [-0.4, -0.2) is 25.0 Å². The van der Waals surface area contributed by atoms with Crippen molar-refractivity contribution in [1.29, 1.82) is 0 Å². The SMILES string of the molecule is O=C(O)[C@]1(NS(=O)(=O)c2ccc(-c3ccc(C(F)F)s3)s2)C[C@H]1c1ccccc1. The second-order valence-electron chi connectivity index (χ2n) is 6.67. The van der Waals surface area contributed by atoms with Crippen molar-refractivity contribution >= 4 is 38.7 Å². The molecule has 3 aromatic rings. The molecule has 0 aliphatic heterocycles. The lowest BCUT2D eigenvalue weighted by Crippen LogP contribution is -2.44. The summed E-state index contributed by atoms with van der Waals surface area (Å²) in [6.07, 6.45) is -2.43. The van der Waals surface area contributed by atoms with E-state index in [0.29, 0.717) is 9.75 Å². The minimum atomic E-state index is -4.09. The third kappa shape index (κ3) is 3.73. The van der Waals surface area contributed by atoms with Crippen LogP contribution in [0.25, 0.3) is 9.75 Å². The van der Waals surface area contributed by atoms with Crippen molar-refractivity contribution in [3.05, 3.63) is 65.0 Å². The average molecular weight is 456 g/mol. The fraction of sp³-hybridized carbons (Fsp3) is 0.211. The number of nitrogens with one attached hydrogen (secondary N) is 1. The first-order valence-electron chi connectivity index (χ1n) is 8.53. The monoisotopic (exact) mass is 455 g/mol. The van der Waals surface area contributed by atoms with Crippen molar-refractivity contribution in [2.75, 3.05) is 0 Å². The summed E-state index contributed by atoms with van der Waals surface area (Å²) < 4.78 is 53.6. The summed E-state index contributed by atoms with van der Waals surface area (Å²) >= 11 is 1.81. The van der Waals surface area contributed by atoms with E-state index in [1.54, 1.807) is 30.3 Å². The van der Waals surface area contributed by atoms with E-state index in [0.717, 1.165) is 28.2 Å². The Morgan fingerprint density at radius 1 is 1.07 bits per heavy atom. The summed E-state index contributed by atoms with van der Waals surface area (Å²) in [5.74, 6) is -1.69. The molecule has 1 aliphatic carbocycles. The molecule has 5 nitrogen and oxygen atoms in total. The second-order valence-corrected chi connectivity index (χ2v) is 10.8. The second kappa shape index (κ2) is 7.28. The van der Waals surface area contributed by atoms with Gasteiger partial charge in [-0.2, -0.15) is 4.72 Å². The number of hydrogen-bond acceptors (Lipinski definition) is 5. The number of benzene rings is 1. The van der Waals surface area contributed by atoms with Crippen LogP contribution < -0.4 is 4.72 Å². The lowest BCUT2D eigenvalue weighted by atomic mass is 10.1. The van der Waals surface area contributed by atoms with Gasteiger partial charge >= 0.3 is 5.97 Å². The number of rotatable bonds is 7. The molecule has 0 amide bonds. The van der Waals surface area contributed by atoms with Gasteiger partial charge in [-0.1, -0.05) is 30.3 Å². The van der Waals surface area contributed by atoms with E-state index in [2.05, 4.69) is 4.72 Å². The summed E-state index contributed by atoms with van der Waals surface area (Å²) in [5, 5.41) is 9.69. The van der Waals surface area contributed by atoms with Gasteiger partial charge in [0.1, 0.15) is 9.75 Å². The van der Waals surface area contributed by atoms with Gasteiger partial charge in [-0.05, 0) is 36.2 Å². The molecule has 0 unspecified atom stereocenters. The highest BCUT2D eigenvalue weighted by Crippen LogP contribution is 2.52. The van der Waals surface area contributed by atoms with Crippen LogP contribution in [-0.2, 0) is 14.8 Å². The summed E-state index contributed by atoms with van der Waals surface area (Å²) in [7, 11) is -4.09. The number of hydrogen-bond donors (Lipinski definition) is 2. The lowest BCUT2D eigenvalue weighted by Gasteiger charge is -2.14. The molecule has 0 saturated heterocycles. The van der Waals surface area contributed by atoms with Crippen molar-refractivity contribution in [2.24, 2.45) is 0 Å². The van der Waals surface area contributed by atoms with E-state index >= 15 is 0 Å². The van der Waals surface area contributed by atoms with Crippen LogP contribution in [0.1, 0.15) is 29.2 Å². The average Bonchev–Trinajstić information content (AvgIpc) is 3.06. The van der Waals surface area contributed by atoms with Crippen LogP contribution in [0.2, 0.25) is 0 Å². The maximum atomic E-state index is 12.8. The van der Waals surface area contributed by atoms with E-state index in [-0.39, 0.29) is 15.5 Å². The van der Waals surface area contributed by atoms with Crippen LogP contribution in [0.15, 0.2) is 58.8 Å². The predicted octanol–water partition coefficient (Wildman–Crippen LogP) is 4.70. The van der Waals surface area contributed by atoms with Gasteiger partial charge in [-0.3, -0.25) is 4.79 Å². The number of carboxylic acid groups (broad SMARTS) is 1. The third-order valence-electron chi connectivity index (χ3n) is 4.79. The first kappa shape index (κ1) is 20.1. The number of carboxylic acids is 1. The van der Waals surface area contributed by atoms with Crippen LogP contribution in [0.4, 0.5) is 8.78 Å². The Hall–Kier alpha value is -2.14. The number of thiophene rings is 2. The molecule has 4 rings (SSSR count). The van der Waals surface area contributed by atoms with Gasteiger partial charge in [0, 0.05) is 15.7 Å². The zero-order chi connectivity index (χ0) is 20.8. The maximum absolute atomic E-state index is 12.8. The number of aliphatic carboxylic acids is 1. The highest BCUT2D eigenvalue weighted by Gasteiger charge is 2.63. The van der Waals surface area contributed by atoms with E-state index in [9.17, 15) is 27.1 Å². The Labute approximate surface area is 173 Å². The van der Waals surface area contributed by atoms with Gasteiger partial charge in [0.05, 0.1) is 4.88 Å². The molecule has 2 atom stereocenters. The molecule has 2 N–H and O–H groups in total. The molecule has 1 aromatic carbocycles. The first-order valence-corrected chi connectivity index (χ1v) is 11.6. The highest BCUT2D eigenvalue weighted by atomic mass is 32.2. The van der Waals surface area contributed by atoms with Gasteiger partial charge in [-0.25, -0.2) is 17.2 Å². The highest BCUT2D eigenvalue weighted by molar-refractivity contribution is 7.91. The Kier molecular flexibility index (Phi) is 5.06. The predicted molar refractivity (Wildman–Crippen MR) is 107 cm³/mol. The van der Waals surface area contributed by atoms with Crippen molar-refractivity contribution in [1.82, 2.24) is 4.72 Å². The molecule has 152 valence electrons. The number of carbonyl (C=O) groups is 1. The standard InChI is InChI=1S/C19H15F2NO4S3/c20-17(21)15-7-6-13(27-15)14-8-9-16(28-14)29(25,26)22-19(18(23)24)10-12(19)11-4-2-1-3-5-11/h1-9,12,17,22H,10H2,(H,23,24)/t12-,19-/m0/s1. The molecular weight excluding hydrogens is 440 g/mol. The molecule has 0 radical (unpaired) electrons. The van der Waals surface area contributed by atoms with Crippen LogP contribution in [0, 0.1) is 0 Å². The lowest BCUT2D eigenvalue weighted by molar-refractivity contribution is -0.140. The van der Waals surface area contributed by atoms with E-state index < -0.39 is 33.9 Å². The van der Waals surface area contributed by atoms with E-state index in [1.807, 2.05) is 0 Å². The summed E-state index contributed by atoms with van der Waals surface area (Å²) in [4.78, 5) is 12.8.